The first kappa shape index (κ1) is 20.5. The highest BCUT2D eigenvalue weighted by atomic mass is 16.5. The Bertz CT molecular complexity index is 827. The first-order valence-electron chi connectivity index (χ1n) is 10.5. The molecule has 0 radical (unpaired) electrons. The van der Waals surface area contributed by atoms with Gasteiger partial charge in [0.1, 0.15) is 18.5 Å². The molecule has 0 unspecified atom stereocenters. The van der Waals surface area contributed by atoms with Crippen molar-refractivity contribution in [2.24, 2.45) is 28.6 Å². The molecule has 0 bridgehead atoms. The van der Waals surface area contributed by atoms with Crippen LogP contribution in [-0.4, -0.2) is 46.1 Å². The molecule has 158 valence electrons. The minimum absolute atomic E-state index is 0.0205. The monoisotopic (exact) mass is 402 g/mol. The molecule has 0 spiro atoms. The minimum atomic E-state index is -1.47. The van der Waals surface area contributed by atoms with Gasteiger partial charge < -0.3 is 14.9 Å². The third-order valence-corrected chi connectivity index (χ3v) is 8.47. The summed E-state index contributed by atoms with van der Waals surface area (Å²) >= 11 is 0. The number of fused-ring (bicyclic) bond motifs is 5. The lowest BCUT2D eigenvalue weighted by atomic mass is 9.46. The van der Waals surface area contributed by atoms with Crippen molar-refractivity contribution in [1.29, 1.82) is 0 Å². The average molecular weight is 402 g/mol. The fourth-order valence-electron chi connectivity index (χ4n) is 6.95. The number of hydrogen-bond donors (Lipinski definition) is 2. The number of hydrogen-bond acceptors (Lipinski definition) is 6. The molecule has 7 atom stereocenters. The standard InChI is InChI=1S/C23H30O6/c1-13(24)29-12-19(27)23(28)9-7-17-16-5-4-14-10-15(25)6-8-21(14,2)20(16)18(26)11-22(17,23)3/h6,8,10,16-17,19-20,27-28H,4-5,7,9,11-12H2,1-3H3/t16-,17-,19-,20+,21+,22-,23-/m1/s1. The van der Waals surface area contributed by atoms with Crippen LogP contribution in [0.1, 0.15) is 52.9 Å². The van der Waals surface area contributed by atoms with Gasteiger partial charge in [-0.3, -0.25) is 14.4 Å². The first-order chi connectivity index (χ1) is 13.5. The van der Waals surface area contributed by atoms with Crippen LogP contribution < -0.4 is 0 Å². The second-order valence-corrected chi connectivity index (χ2v) is 9.82. The van der Waals surface area contributed by atoms with Gasteiger partial charge in [-0.15, -0.1) is 0 Å². The maximum Gasteiger partial charge on any atom is 0.302 e. The quantitative estimate of drug-likeness (QED) is 0.702. The molecule has 29 heavy (non-hydrogen) atoms. The van der Waals surface area contributed by atoms with Gasteiger partial charge in [-0.2, -0.15) is 0 Å². The lowest BCUT2D eigenvalue weighted by Gasteiger charge is -2.57. The smallest absolute Gasteiger partial charge is 0.302 e. The molecule has 3 fully saturated rings. The van der Waals surface area contributed by atoms with Gasteiger partial charge in [0.05, 0.1) is 5.60 Å². The summed E-state index contributed by atoms with van der Waals surface area (Å²) in [5, 5.41) is 22.2. The van der Waals surface area contributed by atoms with Crippen LogP contribution in [0.5, 0.6) is 0 Å². The summed E-state index contributed by atoms with van der Waals surface area (Å²) in [6, 6.07) is 0. The molecule has 4 aliphatic rings. The number of esters is 1. The van der Waals surface area contributed by atoms with Crippen LogP contribution >= 0.6 is 0 Å². The van der Waals surface area contributed by atoms with Crippen LogP contribution in [0.2, 0.25) is 0 Å². The van der Waals surface area contributed by atoms with Gasteiger partial charge in [0.25, 0.3) is 0 Å². The first-order valence-corrected chi connectivity index (χ1v) is 10.5. The summed E-state index contributed by atoms with van der Waals surface area (Å²) < 4.78 is 4.95. The van der Waals surface area contributed by atoms with Crippen molar-refractivity contribution >= 4 is 17.5 Å². The van der Waals surface area contributed by atoms with E-state index in [1.165, 1.54) is 6.92 Å². The highest BCUT2D eigenvalue weighted by molar-refractivity contribution is 6.01. The highest BCUT2D eigenvalue weighted by Crippen LogP contribution is 2.66. The summed E-state index contributed by atoms with van der Waals surface area (Å²) in [6.45, 7) is 4.95. The molecule has 0 aromatic rings. The maximum absolute atomic E-state index is 13.5. The van der Waals surface area contributed by atoms with E-state index < -0.39 is 28.5 Å². The highest BCUT2D eigenvalue weighted by Gasteiger charge is 2.68. The average Bonchev–Trinajstić information content (AvgIpc) is 2.91. The molecular formula is C23H30O6. The van der Waals surface area contributed by atoms with Crippen LogP contribution in [0, 0.1) is 28.6 Å². The van der Waals surface area contributed by atoms with Gasteiger partial charge in [-0.25, -0.2) is 0 Å². The van der Waals surface area contributed by atoms with Gasteiger partial charge in [0.15, 0.2) is 5.78 Å². The van der Waals surface area contributed by atoms with Crippen LogP contribution in [0.3, 0.4) is 0 Å². The summed E-state index contributed by atoms with van der Waals surface area (Å²) in [6.07, 6.45) is 6.77. The fourth-order valence-corrected chi connectivity index (χ4v) is 6.95. The zero-order valence-corrected chi connectivity index (χ0v) is 17.3. The van der Waals surface area contributed by atoms with Crippen LogP contribution in [0.15, 0.2) is 23.8 Å². The van der Waals surface area contributed by atoms with Crippen molar-refractivity contribution in [3.8, 4) is 0 Å². The molecule has 0 aromatic heterocycles. The lowest BCUT2D eigenvalue weighted by Crippen LogP contribution is -2.61. The number of ether oxygens (including phenoxy) is 1. The van der Waals surface area contributed by atoms with Crippen molar-refractivity contribution < 1.29 is 29.3 Å². The van der Waals surface area contributed by atoms with Crippen LogP contribution in [0.25, 0.3) is 0 Å². The Hall–Kier alpha value is -1.79. The van der Waals surface area contributed by atoms with Crippen molar-refractivity contribution in [3.63, 3.8) is 0 Å². The predicted molar refractivity (Wildman–Crippen MR) is 105 cm³/mol. The van der Waals surface area contributed by atoms with Gasteiger partial charge >= 0.3 is 5.97 Å². The number of carbonyl (C=O) groups is 3. The molecule has 4 aliphatic carbocycles. The molecule has 6 heteroatoms. The van der Waals surface area contributed by atoms with Crippen molar-refractivity contribution in [3.05, 3.63) is 23.8 Å². The van der Waals surface area contributed by atoms with E-state index in [1.54, 1.807) is 12.2 Å². The molecule has 0 heterocycles. The number of aliphatic hydroxyl groups is 2. The Morgan fingerprint density at radius 2 is 2.03 bits per heavy atom. The Kier molecular flexibility index (Phi) is 4.67. The normalized spacial score (nSPS) is 44.4. The van der Waals surface area contributed by atoms with E-state index in [0.717, 1.165) is 24.8 Å². The van der Waals surface area contributed by atoms with Gasteiger partial charge in [-0.05, 0) is 49.7 Å². The van der Waals surface area contributed by atoms with E-state index in [2.05, 4.69) is 6.92 Å². The number of ketones is 2. The van der Waals surface area contributed by atoms with Crippen LogP contribution in [-0.2, 0) is 19.1 Å². The molecule has 0 aliphatic heterocycles. The Labute approximate surface area is 171 Å². The van der Waals surface area contributed by atoms with Crippen molar-refractivity contribution in [2.45, 2.75) is 64.6 Å². The second kappa shape index (κ2) is 6.61. The molecule has 3 saturated carbocycles. The van der Waals surface area contributed by atoms with E-state index in [1.807, 2.05) is 13.0 Å². The Morgan fingerprint density at radius 1 is 1.31 bits per heavy atom. The molecule has 0 saturated heterocycles. The SMILES string of the molecule is CC(=O)OC[C@@H](O)[C@]1(O)CC[C@@H]2[C@H]3CCC4=CC(=O)C=C[C@]4(C)[C@@H]3C(=O)C[C@]21C. The molecule has 6 nitrogen and oxygen atoms in total. The zero-order chi connectivity index (χ0) is 21.2. The summed E-state index contributed by atoms with van der Waals surface area (Å²) in [5.74, 6) is -0.473. The van der Waals surface area contributed by atoms with E-state index in [4.69, 9.17) is 4.74 Å². The second-order valence-electron chi connectivity index (χ2n) is 9.82. The number of Topliss-reactive ketones (excluding diaryl/α,β-unsaturated/α-hetero) is 1. The molecule has 0 aromatic carbocycles. The van der Waals surface area contributed by atoms with Gasteiger partial charge in [-0.1, -0.05) is 25.5 Å². The number of carbonyl (C=O) groups excluding carboxylic acids is 3. The summed E-state index contributed by atoms with van der Waals surface area (Å²) in [7, 11) is 0. The molecular weight excluding hydrogens is 372 g/mol. The topological polar surface area (TPSA) is 101 Å². The Balaban J connectivity index is 1.66. The largest absolute Gasteiger partial charge is 0.463 e. The fraction of sp³-hybridized carbons (Fsp3) is 0.696. The number of rotatable bonds is 3. The third kappa shape index (κ3) is 2.79. The minimum Gasteiger partial charge on any atom is -0.463 e. The zero-order valence-electron chi connectivity index (χ0n) is 17.3. The van der Waals surface area contributed by atoms with Crippen molar-refractivity contribution in [1.82, 2.24) is 0 Å². The predicted octanol–water partition coefficient (Wildman–Crippen LogP) is 2.13. The summed E-state index contributed by atoms with van der Waals surface area (Å²) in [4.78, 5) is 36.5. The number of allylic oxidation sites excluding steroid dienone is 4. The van der Waals surface area contributed by atoms with E-state index in [9.17, 15) is 24.6 Å². The van der Waals surface area contributed by atoms with E-state index in [0.29, 0.717) is 6.42 Å². The van der Waals surface area contributed by atoms with E-state index in [-0.39, 0.29) is 42.3 Å². The van der Waals surface area contributed by atoms with Crippen molar-refractivity contribution in [2.75, 3.05) is 6.61 Å². The molecule has 4 rings (SSSR count). The summed E-state index contributed by atoms with van der Waals surface area (Å²) in [5.41, 5.74) is -1.65. The Morgan fingerprint density at radius 3 is 2.72 bits per heavy atom. The van der Waals surface area contributed by atoms with Gasteiger partial charge in [0, 0.05) is 30.1 Å². The third-order valence-electron chi connectivity index (χ3n) is 8.47. The number of aliphatic hydroxyl groups excluding tert-OH is 1. The van der Waals surface area contributed by atoms with Gasteiger partial charge in [0.2, 0.25) is 0 Å². The van der Waals surface area contributed by atoms with Crippen LogP contribution in [0.4, 0.5) is 0 Å². The molecule has 2 N–H and O–H groups in total. The maximum atomic E-state index is 13.5. The van der Waals surface area contributed by atoms with E-state index >= 15 is 0 Å². The lowest BCUT2D eigenvalue weighted by molar-refractivity contribution is -0.191. The molecule has 0 amide bonds.